The van der Waals surface area contributed by atoms with Crippen LogP contribution in [-0.4, -0.2) is 22.0 Å². The second kappa shape index (κ2) is 7.04. The molecule has 4 nitrogen and oxygen atoms in total. The monoisotopic (exact) mass is 323 g/mol. The third kappa shape index (κ3) is 3.94. The van der Waals surface area contributed by atoms with Gasteiger partial charge in [0.05, 0.1) is 6.04 Å². The van der Waals surface area contributed by atoms with Crippen molar-refractivity contribution in [3.63, 3.8) is 0 Å². The molecule has 1 unspecified atom stereocenters. The highest BCUT2D eigenvalue weighted by Crippen LogP contribution is 2.29. The molecule has 0 aliphatic heterocycles. The van der Waals surface area contributed by atoms with Gasteiger partial charge in [0.15, 0.2) is 0 Å². The van der Waals surface area contributed by atoms with Crippen molar-refractivity contribution >= 4 is 6.03 Å². The molecule has 1 atom stereocenters. The van der Waals surface area contributed by atoms with Gasteiger partial charge in [0, 0.05) is 25.0 Å². The highest BCUT2D eigenvalue weighted by Gasteiger charge is 2.33. The third-order valence-corrected chi connectivity index (χ3v) is 4.57. The number of pyridine rings is 1. The molecular weight excluding hydrogens is 298 g/mol. The molecule has 1 N–H and O–H groups in total. The Morgan fingerprint density at radius 3 is 2.79 bits per heavy atom. The number of carbonyl (C=O) groups excluding carboxylic acids is 1. The van der Waals surface area contributed by atoms with E-state index in [1.807, 2.05) is 23.2 Å². The van der Waals surface area contributed by atoms with Crippen molar-refractivity contribution in [3.8, 4) is 0 Å². The molecule has 126 valence electrons. The van der Waals surface area contributed by atoms with Crippen LogP contribution in [0.25, 0.3) is 0 Å². The Morgan fingerprint density at radius 2 is 2.12 bits per heavy atom. The molecule has 0 saturated heterocycles. The molecule has 1 aliphatic rings. The van der Waals surface area contributed by atoms with Crippen molar-refractivity contribution in [2.45, 2.75) is 52.2 Å². The van der Waals surface area contributed by atoms with Crippen molar-refractivity contribution in [2.75, 3.05) is 0 Å². The van der Waals surface area contributed by atoms with Gasteiger partial charge in [0.2, 0.25) is 0 Å². The third-order valence-electron chi connectivity index (χ3n) is 4.57. The first kappa shape index (κ1) is 16.5. The van der Waals surface area contributed by atoms with Gasteiger partial charge in [-0.05, 0) is 56.4 Å². The van der Waals surface area contributed by atoms with Crippen molar-refractivity contribution < 1.29 is 4.79 Å². The minimum atomic E-state index is -0.00690. The Bertz CT molecular complexity index is 710. The maximum atomic E-state index is 12.8. The molecule has 1 saturated carbocycles. The molecule has 3 rings (SSSR count). The van der Waals surface area contributed by atoms with Gasteiger partial charge < -0.3 is 10.2 Å². The summed E-state index contributed by atoms with van der Waals surface area (Å²) in [6.07, 6.45) is 5.77. The molecule has 0 spiro atoms. The number of aryl methyl sites for hydroxylation is 2. The zero-order valence-corrected chi connectivity index (χ0v) is 14.6. The summed E-state index contributed by atoms with van der Waals surface area (Å²) in [4.78, 5) is 18.9. The number of aromatic nitrogens is 1. The lowest BCUT2D eigenvalue weighted by Gasteiger charge is -2.26. The van der Waals surface area contributed by atoms with Crippen molar-refractivity contribution in [2.24, 2.45) is 0 Å². The van der Waals surface area contributed by atoms with E-state index in [0.29, 0.717) is 12.6 Å². The molecule has 4 heteroatoms. The van der Waals surface area contributed by atoms with Crippen molar-refractivity contribution in [1.82, 2.24) is 15.2 Å². The minimum Gasteiger partial charge on any atom is -0.331 e. The fourth-order valence-corrected chi connectivity index (χ4v) is 3.01. The highest BCUT2D eigenvalue weighted by molar-refractivity contribution is 5.75. The average Bonchev–Trinajstić information content (AvgIpc) is 3.40. The number of nitrogens with zero attached hydrogens (tertiary/aromatic N) is 2. The van der Waals surface area contributed by atoms with Gasteiger partial charge in [0.1, 0.15) is 0 Å². The number of amides is 2. The van der Waals surface area contributed by atoms with E-state index in [4.69, 9.17) is 0 Å². The Hall–Kier alpha value is -2.36. The van der Waals surface area contributed by atoms with Gasteiger partial charge in [-0.2, -0.15) is 0 Å². The zero-order chi connectivity index (χ0) is 17.1. The maximum absolute atomic E-state index is 12.8. The molecule has 1 aromatic carbocycles. The van der Waals surface area contributed by atoms with E-state index < -0.39 is 0 Å². The predicted molar refractivity (Wildman–Crippen MR) is 95.7 cm³/mol. The fraction of sp³-hybridized carbons (Fsp3) is 0.400. The van der Waals surface area contributed by atoms with Crippen LogP contribution < -0.4 is 5.32 Å². The summed E-state index contributed by atoms with van der Waals surface area (Å²) in [5, 5.41) is 3.17. The Morgan fingerprint density at radius 1 is 1.33 bits per heavy atom. The van der Waals surface area contributed by atoms with Gasteiger partial charge in [0.25, 0.3) is 0 Å². The second-order valence-corrected chi connectivity index (χ2v) is 6.75. The van der Waals surface area contributed by atoms with E-state index in [1.165, 1.54) is 16.7 Å². The summed E-state index contributed by atoms with van der Waals surface area (Å²) >= 11 is 0. The van der Waals surface area contributed by atoms with Crippen molar-refractivity contribution in [3.05, 3.63) is 65.0 Å². The van der Waals surface area contributed by atoms with Gasteiger partial charge in [-0.1, -0.05) is 29.8 Å². The molecule has 2 amide bonds. The van der Waals surface area contributed by atoms with Gasteiger partial charge in [-0.25, -0.2) is 4.79 Å². The summed E-state index contributed by atoms with van der Waals surface area (Å²) in [5.74, 6) is 0. The number of benzene rings is 1. The quantitative estimate of drug-likeness (QED) is 0.899. The summed E-state index contributed by atoms with van der Waals surface area (Å²) in [6, 6.07) is 10.7. The van der Waals surface area contributed by atoms with E-state index in [9.17, 15) is 4.79 Å². The van der Waals surface area contributed by atoms with Crippen LogP contribution >= 0.6 is 0 Å². The topological polar surface area (TPSA) is 45.2 Å². The number of hydrogen-bond donors (Lipinski definition) is 1. The molecular formula is C20H25N3O. The first-order valence-electron chi connectivity index (χ1n) is 8.58. The number of urea groups is 1. The summed E-state index contributed by atoms with van der Waals surface area (Å²) in [6.45, 7) is 6.83. The average molecular weight is 323 g/mol. The number of carbonyl (C=O) groups is 1. The molecule has 1 fully saturated rings. The van der Waals surface area contributed by atoms with Crippen LogP contribution in [0.4, 0.5) is 4.79 Å². The normalized spacial score (nSPS) is 15.0. The van der Waals surface area contributed by atoms with E-state index in [-0.39, 0.29) is 12.1 Å². The lowest BCUT2D eigenvalue weighted by Crippen LogP contribution is -2.42. The molecule has 1 aliphatic carbocycles. The smallest absolute Gasteiger partial charge is 0.318 e. The molecule has 24 heavy (non-hydrogen) atoms. The lowest BCUT2D eigenvalue weighted by molar-refractivity contribution is 0.188. The predicted octanol–water partition coefficient (Wildman–Crippen LogP) is 4.13. The van der Waals surface area contributed by atoms with Crippen LogP contribution in [0.2, 0.25) is 0 Å². The zero-order valence-electron chi connectivity index (χ0n) is 14.6. The SMILES string of the molecule is Cc1ccc(C)c(C(C)NC(=O)N(Cc2cccnc2)C2CC2)c1. The van der Waals surface area contributed by atoms with E-state index in [0.717, 1.165) is 18.4 Å². The molecule has 0 radical (unpaired) electrons. The van der Waals surface area contributed by atoms with Gasteiger partial charge >= 0.3 is 6.03 Å². The minimum absolute atomic E-state index is 0.00690. The Balaban J connectivity index is 1.70. The van der Waals surface area contributed by atoms with Crippen molar-refractivity contribution in [1.29, 1.82) is 0 Å². The number of nitrogens with one attached hydrogen (secondary N) is 1. The summed E-state index contributed by atoms with van der Waals surface area (Å²) < 4.78 is 0. The maximum Gasteiger partial charge on any atom is 0.318 e. The number of hydrogen-bond acceptors (Lipinski definition) is 2. The highest BCUT2D eigenvalue weighted by atomic mass is 16.2. The largest absolute Gasteiger partial charge is 0.331 e. The molecule has 0 bridgehead atoms. The van der Waals surface area contributed by atoms with Gasteiger partial charge in [-0.3, -0.25) is 4.98 Å². The standard InChI is InChI=1S/C20H25N3O/c1-14-6-7-15(2)19(11-14)16(3)22-20(24)23(18-8-9-18)13-17-5-4-10-21-12-17/h4-7,10-12,16,18H,8-9,13H2,1-3H3,(H,22,24). The molecule has 1 aromatic heterocycles. The van der Waals surface area contributed by atoms with Gasteiger partial charge in [-0.15, -0.1) is 0 Å². The first-order chi connectivity index (χ1) is 11.5. The molecule has 1 heterocycles. The van der Waals surface area contributed by atoms with Crippen LogP contribution in [-0.2, 0) is 6.54 Å². The Labute approximate surface area is 143 Å². The van der Waals surface area contributed by atoms with E-state index in [2.05, 4.69) is 49.3 Å². The van der Waals surface area contributed by atoms with Crippen LogP contribution in [0.5, 0.6) is 0 Å². The van der Waals surface area contributed by atoms with Crippen LogP contribution in [0.15, 0.2) is 42.7 Å². The fourth-order valence-electron chi connectivity index (χ4n) is 3.01. The van der Waals surface area contributed by atoms with Crippen LogP contribution in [0, 0.1) is 13.8 Å². The lowest BCUT2D eigenvalue weighted by atomic mass is 10.00. The summed E-state index contributed by atoms with van der Waals surface area (Å²) in [7, 11) is 0. The second-order valence-electron chi connectivity index (χ2n) is 6.75. The summed E-state index contributed by atoms with van der Waals surface area (Å²) in [5.41, 5.74) is 4.67. The van der Waals surface area contributed by atoms with Crippen LogP contribution in [0.3, 0.4) is 0 Å². The van der Waals surface area contributed by atoms with E-state index >= 15 is 0 Å². The first-order valence-corrected chi connectivity index (χ1v) is 8.58. The van der Waals surface area contributed by atoms with Crippen LogP contribution in [0.1, 0.15) is 48.1 Å². The molecule has 2 aromatic rings. The number of rotatable bonds is 5. The van der Waals surface area contributed by atoms with E-state index in [1.54, 1.807) is 6.20 Å². The Kier molecular flexibility index (Phi) is 4.84.